The molecule has 1 amide bonds. The predicted octanol–water partition coefficient (Wildman–Crippen LogP) is 2.89. The Balaban J connectivity index is 1.83. The number of hydrogen-bond acceptors (Lipinski definition) is 3. The van der Waals surface area contributed by atoms with Gasteiger partial charge in [-0.1, -0.05) is 35.9 Å². The van der Waals surface area contributed by atoms with E-state index in [0.29, 0.717) is 11.0 Å². The van der Waals surface area contributed by atoms with Gasteiger partial charge in [0.25, 0.3) is 5.56 Å². The number of aryl methyl sites for hydroxylation is 2. The van der Waals surface area contributed by atoms with Crippen LogP contribution in [0.2, 0.25) is 0 Å². The van der Waals surface area contributed by atoms with Crippen LogP contribution in [0.25, 0.3) is 11.0 Å². The van der Waals surface area contributed by atoms with E-state index in [9.17, 15) is 9.59 Å². The lowest BCUT2D eigenvalue weighted by molar-refractivity contribution is -0.122. The van der Waals surface area contributed by atoms with Crippen molar-refractivity contribution < 1.29 is 4.79 Å². The second-order valence-corrected chi connectivity index (χ2v) is 6.32. The fourth-order valence-corrected chi connectivity index (χ4v) is 3.01. The van der Waals surface area contributed by atoms with Gasteiger partial charge in [-0.15, -0.1) is 0 Å². The van der Waals surface area contributed by atoms with E-state index in [1.165, 1.54) is 10.8 Å². The Bertz CT molecular complexity index is 992. The van der Waals surface area contributed by atoms with Crippen molar-refractivity contribution in [2.45, 2.75) is 33.4 Å². The molecule has 0 aliphatic heterocycles. The first-order valence-electron chi connectivity index (χ1n) is 8.27. The van der Waals surface area contributed by atoms with Crippen LogP contribution < -0.4 is 10.9 Å². The second-order valence-electron chi connectivity index (χ2n) is 6.32. The largest absolute Gasteiger partial charge is 0.348 e. The maximum atomic E-state index is 12.5. The number of nitrogens with zero attached hydrogens (tertiary/aromatic N) is 2. The summed E-state index contributed by atoms with van der Waals surface area (Å²) >= 11 is 0. The van der Waals surface area contributed by atoms with E-state index in [1.54, 1.807) is 6.07 Å². The zero-order chi connectivity index (χ0) is 18.0. The van der Waals surface area contributed by atoms with E-state index in [2.05, 4.69) is 22.4 Å². The first-order valence-corrected chi connectivity index (χ1v) is 8.27. The first-order chi connectivity index (χ1) is 12.0. The van der Waals surface area contributed by atoms with Crippen LogP contribution >= 0.6 is 0 Å². The SMILES string of the molecule is Cc1ccc(C)c(C(C)NC(=O)Cn2c(=O)cnc3ccccc32)c1. The van der Waals surface area contributed by atoms with Crippen molar-refractivity contribution in [1.29, 1.82) is 0 Å². The quantitative estimate of drug-likeness (QED) is 0.797. The highest BCUT2D eigenvalue weighted by molar-refractivity contribution is 5.80. The molecule has 0 aliphatic rings. The van der Waals surface area contributed by atoms with Gasteiger partial charge >= 0.3 is 0 Å². The molecule has 0 aliphatic carbocycles. The smallest absolute Gasteiger partial charge is 0.269 e. The minimum Gasteiger partial charge on any atom is -0.348 e. The fourth-order valence-electron chi connectivity index (χ4n) is 3.01. The van der Waals surface area contributed by atoms with Crippen LogP contribution in [-0.2, 0) is 11.3 Å². The summed E-state index contributed by atoms with van der Waals surface area (Å²) in [5.74, 6) is -0.202. The first kappa shape index (κ1) is 16.9. The summed E-state index contributed by atoms with van der Waals surface area (Å²) in [7, 11) is 0. The lowest BCUT2D eigenvalue weighted by Gasteiger charge is -2.18. The van der Waals surface area contributed by atoms with Crippen molar-refractivity contribution in [2.24, 2.45) is 0 Å². The van der Waals surface area contributed by atoms with Gasteiger partial charge < -0.3 is 5.32 Å². The molecule has 1 atom stereocenters. The predicted molar refractivity (Wildman–Crippen MR) is 98.5 cm³/mol. The number of benzene rings is 2. The average Bonchev–Trinajstić information content (AvgIpc) is 2.59. The Kier molecular flexibility index (Phi) is 4.65. The molecule has 1 aromatic heterocycles. The summed E-state index contributed by atoms with van der Waals surface area (Å²) in [6.45, 7) is 5.97. The van der Waals surface area contributed by atoms with E-state index >= 15 is 0 Å². The highest BCUT2D eigenvalue weighted by atomic mass is 16.2. The second kappa shape index (κ2) is 6.89. The summed E-state index contributed by atoms with van der Waals surface area (Å²) in [6.07, 6.45) is 1.25. The molecule has 1 N–H and O–H groups in total. The Labute approximate surface area is 146 Å². The van der Waals surface area contributed by atoms with E-state index in [-0.39, 0.29) is 24.1 Å². The third-order valence-corrected chi connectivity index (χ3v) is 4.33. The number of rotatable bonds is 4. The molecule has 3 rings (SSSR count). The Morgan fingerprint density at radius 2 is 1.96 bits per heavy atom. The zero-order valence-electron chi connectivity index (χ0n) is 14.6. The third-order valence-electron chi connectivity index (χ3n) is 4.33. The lowest BCUT2D eigenvalue weighted by atomic mass is 10.00. The molecule has 0 spiro atoms. The molecule has 5 nitrogen and oxygen atoms in total. The average molecular weight is 335 g/mol. The Hall–Kier alpha value is -2.95. The molecule has 0 saturated carbocycles. The zero-order valence-corrected chi connectivity index (χ0v) is 14.6. The maximum absolute atomic E-state index is 12.5. The molecule has 2 aromatic carbocycles. The van der Waals surface area contributed by atoms with Gasteiger partial charge in [-0.05, 0) is 44.0 Å². The van der Waals surface area contributed by atoms with Crippen molar-refractivity contribution in [1.82, 2.24) is 14.9 Å². The highest BCUT2D eigenvalue weighted by Gasteiger charge is 2.14. The van der Waals surface area contributed by atoms with Crippen LogP contribution in [0.15, 0.2) is 53.5 Å². The van der Waals surface area contributed by atoms with E-state index in [4.69, 9.17) is 0 Å². The molecule has 1 unspecified atom stereocenters. The molecule has 0 saturated heterocycles. The standard InChI is InChI=1S/C20H21N3O2/c1-13-8-9-14(2)16(10-13)15(3)22-19(24)12-23-18-7-5-4-6-17(18)21-11-20(23)25/h4-11,15H,12H2,1-3H3,(H,22,24). The summed E-state index contributed by atoms with van der Waals surface area (Å²) in [5, 5.41) is 2.99. The van der Waals surface area contributed by atoms with Gasteiger partial charge in [0.2, 0.25) is 5.91 Å². The molecule has 0 radical (unpaired) electrons. The number of aromatic nitrogens is 2. The van der Waals surface area contributed by atoms with Crippen molar-refractivity contribution >= 4 is 16.9 Å². The van der Waals surface area contributed by atoms with Crippen LogP contribution in [0.4, 0.5) is 0 Å². The van der Waals surface area contributed by atoms with Crippen LogP contribution in [0.1, 0.15) is 29.7 Å². The summed E-state index contributed by atoms with van der Waals surface area (Å²) in [4.78, 5) is 28.8. The van der Waals surface area contributed by atoms with Gasteiger partial charge in [-0.25, -0.2) is 4.98 Å². The number of carbonyl (C=O) groups is 1. The molecule has 0 bridgehead atoms. The number of fused-ring (bicyclic) bond motifs is 1. The van der Waals surface area contributed by atoms with Crippen LogP contribution in [0, 0.1) is 13.8 Å². The van der Waals surface area contributed by atoms with Crippen LogP contribution in [-0.4, -0.2) is 15.5 Å². The highest BCUT2D eigenvalue weighted by Crippen LogP contribution is 2.19. The molecule has 0 fully saturated rings. The van der Waals surface area contributed by atoms with Gasteiger partial charge in [0.15, 0.2) is 0 Å². The lowest BCUT2D eigenvalue weighted by Crippen LogP contribution is -2.34. The third kappa shape index (κ3) is 3.60. The number of amides is 1. The van der Waals surface area contributed by atoms with Crippen molar-refractivity contribution in [3.63, 3.8) is 0 Å². The molecule has 1 heterocycles. The molecular formula is C20H21N3O2. The van der Waals surface area contributed by atoms with Gasteiger partial charge in [0, 0.05) is 0 Å². The summed E-state index contributed by atoms with van der Waals surface area (Å²) in [6, 6.07) is 13.4. The number of nitrogens with one attached hydrogen (secondary N) is 1. The Morgan fingerprint density at radius 3 is 2.76 bits per heavy atom. The van der Waals surface area contributed by atoms with Crippen molar-refractivity contribution in [3.8, 4) is 0 Å². The van der Waals surface area contributed by atoms with Crippen molar-refractivity contribution in [2.75, 3.05) is 0 Å². The van der Waals surface area contributed by atoms with Gasteiger partial charge in [0.05, 0.1) is 23.3 Å². The normalized spacial score (nSPS) is 12.1. The van der Waals surface area contributed by atoms with E-state index in [0.717, 1.165) is 16.7 Å². The molecule has 128 valence electrons. The van der Waals surface area contributed by atoms with E-state index in [1.807, 2.05) is 45.0 Å². The fraction of sp³-hybridized carbons (Fsp3) is 0.250. The topological polar surface area (TPSA) is 64.0 Å². The molecule has 25 heavy (non-hydrogen) atoms. The maximum Gasteiger partial charge on any atom is 0.269 e. The minimum absolute atomic E-state index is 0.0307. The minimum atomic E-state index is -0.284. The van der Waals surface area contributed by atoms with Gasteiger partial charge in [0.1, 0.15) is 6.54 Å². The van der Waals surface area contributed by atoms with Gasteiger partial charge in [-0.2, -0.15) is 0 Å². The molecule has 3 aromatic rings. The summed E-state index contributed by atoms with van der Waals surface area (Å²) < 4.78 is 1.45. The number of carbonyl (C=O) groups excluding carboxylic acids is 1. The molecular weight excluding hydrogens is 314 g/mol. The van der Waals surface area contributed by atoms with Gasteiger partial charge in [-0.3, -0.25) is 14.2 Å². The van der Waals surface area contributed by atoms with Crippen molar-refractivity contribution in [3.05, 3.63) is 75.7 Å². The van der Waals surface area contributed by atoms with Crippen LogP contribution in [0.3, 0.4) is 0 Å². The molecule has 5 heteroatoms. The van der Waals surface area contributed by atoms with E-state index < -0.39 is 0 Å². The monoisotopic (exact) mass is 335 g/mol. The number of para-hydroxylation sites is 2. The van der Waals surface area contributed by atoms with Crippen LogP contribution in [0.5, 0.6) is 0 Å². The number of hydrogen-bond donors (Lipinski definition) is 1. The Morgan fingerprint density at radius 1 is 1.20 bits per heavy atom. The summed E-state index contributed by atoms with van der Waals surface area (Å²) in [5.41, 5.74) is 4.43.